The van der Waals surface area contributed by atoms with E-state index in [1.165, 1.54) is 0 Å². The fraction of sp³-hybridized carbons (Fsp3) is 0.364. The van der Waals surface area contributed by atoms with E-state index in [4.69, 9.17) is 4.74 Å². The highest BCUT2D eigenvalue weighted by molar-refractivity contribution is 9.10. The Kier molecular flexibility index (Phi) is 4.27. The summed E-state index contributed by atoms with van der Waals surface area (Å²) in [5.74, 6) is -0.803. The molecule has 1 aromatic carbocycles. The molecule has 0 N–H and O–H groups in total. The number of aryl methyl sites for hydroxylation is 1. The number of halogens is 2. The highest BCUT2D eigenvalue weighted by Crippen LogP contribution is 2.21. The summed E-state index contributed by atoms with van der Waals surface area (Å²) >= 11 is 3.10. The second-order valence-electron chi connectivity index (χ2n) is 3.20. The number of ether oxygens (including phenoxy) is 1. The number of benzene rings is 1. The maximum Gasteiger partial charge on any atom is 0.310 e. The molecule has 0 aromatic heterocycles. The minimum atomic E-state index is -0.408. The van der Waals surface area contributed by atoms with Gasteiger partial charge in [0.2, 0.25) is 0 Å². The van der Waals surface area contributed by atoms with Crippen molar-refractivity contribution in [2.45, 2.75) is 20.3 Å². The number of hydrogen-bond donors (Lipinski definition) is 0. The molecular weight excluding hydrogens is 263 g/mol. The summed E-state index contributed by atoms with van der Waals surface area (Å²) in [5.41, 5.74) is 1.27. The number of rotatable bonds is 3. The van der Waals surface area contributed by atoms with Gasteiger partial charge in [-0.05, 0) is 41.4 Å². The van der Waals surface area contributed by atoms with E-state index in [0.717, 1.165) is 5.56 Å². The van der Waals surface area contributed by atoms with E-state index in [1.807, 2.05) is 6.92 Å². The third-order valence-corrected chi connectivity index (χ3v) is 2.47. The van der Waals surface area contributed by atoms with Crippen LogP contribution in [0, 0.1) is 12.7 Å². The van der Waals surface area contributed by atoms with Crippen molar-refractivity contribution < 1.29 is 13.9 Å². The Morgan fingerprint density at radius 2 is 2.20 bits per heavy atom. The Morgan fingerprint density at radius 1 is 1.53 bits per heavy atom. The zero-order valence-electron chi connectivity index (χ0n) is 8.64. The standard InChI is InChI=1S/C11H12BrFO2/c1-3-15-10(14)6-8-4-7(2)5-9(12)11(8)13/h4-5H,3,6H2,1-2H3. The van der Waals surface area contributed by atoms with Gasteiger partial charge in [0, 0.05) is 5.56 Å². The van der Waals surface area contributed by atoms with Crippen molar-refractivity contribution in [3.63, 3.8) is 0 Å². The zero-order chi connectivity index (χ0) is 11.4. The van der Waals surface area contributed by atoms with Crippen LogP contribution in [-0.2, 0) is 16.0 Å². The van der Waals surface area contributed by atoms with E-state index in [1.54, 1.807) is 19.1 Å². The van der Waals surface area contributed by atoms with Gasteiger partial charge in [-0.15, -0.1) is 0 Å². The summed E-state index contributed by atoms with van der Waals surface area (Å²) in [6.45, 7) is 3.88. The molecule has 0 saturated carbocycles. The quantitative estimate of drug-likeness (QED) is 0.793. The molecule has 4 heteroatoms. The van der Waals surface area contributed by atoms with Crippen molar-refractivity contribution in [2.24, 2.45) is 0 Å². The van der Waals surface area contributed by atoms with Crippen LogP contribution in [0.3, 0.4) is 0 Å². The van der Waals surface area contributed by atoms with Gasteiger partial charge in [0.25, 0.3) is 0 Å². The van der Waals surface area contributed by atoms with E-state index in [0.29, 0.717) is 16.6 Å². The van der Waals surface area contributed by atoms with E-state index in [9.17, 15) is 9.18 Å². The summed E-state index contributed by atoms with van der Waals surface area (Å²) in [5, 5.41) is 0. The normalized spacial score (nSPS) is 10.1. The summed E-state index contributed by atoms with van der Waals surface area (Å²) in [6, 6.07) is 3.32. The molecule has 0 aliphatic heterocycles. The number of carbonyl (C=O) groups is 1. The molecule has 0 radical (unpaired) electrons. The third kappa shape index (κ3) is 3.30. The van der Waals surface area contributed by atoms with Crippen LogP contribution in [0.15, 0.2) is 16.6 Å². The lowest BCUT2D eigenvalue weighted by Crippen LogP contribution is -2.09. The third-order valence-electron chi connectivity index (χ3n) is 1.89. The first kappa shape index (κ1) is 12.2. The molecule has 0 unspecified atom stereocenters. The molecule has 0 atom stereocenters. The van der Waals surface area contributed by atoms with Gasteiger partial charge >= 0.3 is 5.97 Å². The van der Waals surface area contributed by atoms with Gasteiger partial charge in [-0.3, -0.25) is 4.79 Å². The maximum absolute atomic E-state index is 13.5. The Bertz CT molecular complexity index is 377. The monoisotopic (exact) mass is 274 g/mol. The van der Waals surface area contributed by atoms with Crippen LogP contribution in [0.2, 0.25) is 0 Å². The van der Waals surface area contributed by atoms with Gasteiger partial charge in [-0.25, -0.2) is 4.39 Å². The predicted molar refractivity (Wildman–Crippen MR) is 59.2 cm³/mol. The summed E-state index contributed by atoms with van der Waals surface area (Å²) in [4.78, 5) is 11.2. The SMILES string of the molecule is CCOC(=O)Cc1cc(C)cc(Br)c1F. The first-order valence-corrected chi connectivity index (χ1v) is 5.44. The Morgan fingerprint density at radius 3 is 2.80 bits per heavy atom. The molecule has 0 aliphatic carbocycles. The summed E-state index contributed by atoms with van der Waals surface area (Å²) < 4.78 is 18.7. The summed E-state index contributed by atoms with van der Waals surface area (Å²) in [7, 11) is 0. The zero-order valence-corrected chi connectivity index (χ0v) is 10.2. The number of carbonyl (C=O) groups excluding carboxylic acids is 1. The first-order valence-electron chi connectivity index (χ1n) is 4.64. The molecule has 0 fully saturated rings. The fourth-order valence-corrected chi connectivity index (χ4v) is 1.91. The van der Waals surface area contributed by atoms with Gasteiger partial charge < -0.3 is 4.74 Å². The van der Waals surface area contributed by atoms with E-state index in [2.05, 4.69) is 15.9 Å². The predicted octanol–water partition coefficient (Wildman–Crippen LogP) is 3.00. The topological polar surface area (TPSA) is 26.3 Å². The van der Waals surface area contributed by atoms with Crippen molar-refractivity contribution in [1.82, 2.24) is 0 Å². The largest absolute Gasteiger partial charge is 0.466 e. The van der Waals surface area contributed by atoms with Crippen molar-refractivity contribution in [3.05, 3.63) is 33.5 Å². The lowest BCUT2D eigenvalue weighted by molar-refractivity contribution is -0.142. The van der Waals surface area contributed by atoms with Gasteiger partial charge in [0.15, 0.2) is 0 Å². The fourth-order valence-electron chi connectivity index (χ4n) is 1.29. The van der Waals surface area contributed by atoms with Crippen LogP contribution in [0.1, 0.15) is 18.1 Å². The average molecular weight is 275 g/mol. The lowest BCUT2D eigenvalue weighted by Gasteiger charge is -2.06. The molecule has 0 saturated heterocycles. The van der Waals surface area contributed by atoms with Crippen molar-refractivity contribution in [3.8, 4) is 0 Å². The molecule has 2 nitrogen and oxygen atoms in total. The molecule has 1 aromatic rings. The van der Waals surface area contributed by atoms with Crippen molar-refractivity contribution >= 4 is 21.9 Å². The van der Waals surface area contributed by atoms with E-state index < -0.39 is 11.8 Å². The molecule has 0 heterocycles. The van der Waals surface area contributed by atoms with E-state index in [-0.39, 0.29) is 6.42 Å². The van der Waals surface area contributed by atoms with E-state index >= 15 is 0 Å². The Balaban J connectivity index is 2.89. The first-order chi connectivity index (χ1) is 7.04. The van der Waals surface area contributed by atoms with Gasteiger partial charge in [0.05, 0.1) is 17.5 Å². The molecule has 1 rings (SSSR count). The Labute approximate surface area is 96.6 Å². The van der Waals surface area contributed by atoms with Crippen LogP contribution in [0.4, 0.5) is 4.39 Å². The van der Waals surface area contributed by atoms with Crippen LogP contribution < -0.4 is 0 Å². The van der Waals surface area contributed by atoms with Crippen molar-refractivity contribution in [2.75, 3.05) is 6.61 Å². The molecule has 0 aliphatic rings. The average Bonchev–Trinajstić information content (AvgIpc) is 2.13. The van der Waals surface area contributed by atoms with Gasteiger partial charge in [-0.2, -0.15) is 0 Å². The number of hydrogen-bond acceptors (Lipinski definition) is 2. The second kappa shape index (κ2) is 5.26. The Hall–Kier alpha value is -0.900. The maximum atomic E-state index is 13.5. The van der Waals surface area contributed by atoms with Crippen molar-refractivity contribution in [1.29, 1.82) is 0 Å². The smallest absolute Gasteiger partial charge is 0.310 e. The second-order valence-corrected chi connectivity index (χ2v) is 4.06. The molecule has 15 heavy (non-hydrogen) atoms. The molecule has 0 amide bonds. The highest BCUT2D eigenvalue weighted by atomic mass is 79.9. The molecular formula is C11H12BrFO2. The molecule has 0 bridgehead atoms. The molecule has 82 valence electrons. The van der Waals surface area contributed by atoms with Crippen LogP contribution in [-0.4, -0.2) is 12.6 Å². The minimum Gasteiger partial charge on any atom is -0.466 e. The molecule has 0 spiro atoms. The summed E-state index contributed by atoms with van der Waals surface area (Å²) in [6.07, 6.45) is -0.0278. The minimum absolute atomic E-state index is 0.0278. The van der Waals surface area contributed by atoms with Gasteiger partial charge in [-0.1, -0.05) is 6.07 Å². The lowest BCUT2D eigenvalue weighted by atomic mass is 10.1. The van der Waals surface area contributed by atoms with Crippen LogP contribution in [0.5, 0.6) is 0 Å². The number of esters is 1. The van der Waals surface area contributed by atoms with Gasteiger partial charge in [0.1, 0.15) is 5.82 Å². The van der Waals surface area contributed by atoms with Crippen LogP contribution in [0.25, 0.3) is 0 Å². The highest BCUT2D eigenvalue weighted by Gasteiger charge is 2.12. The van der Waals surface area contributed by atoms with Crippen LogP contribution >= 0.6 is 15.9 Å².